The fourth-order valence-corrected chi connectivity index (χ4v) is 2.85. The molecule has 0 radical (unpaired) electrons. The lowest BCUT2D eigenvalue weighted by atomic mass is 9.96. The van der Waals surface area contributed by atoms with Gasteiger partial charge in [0.05, 0.1) is 4.47 Å². The van der Waals surface area contributed by atoms with Crippen LogP contribution >= 0.6 is 15.9 Å². The van der Waals surface area contributed by atoms with Crippen molar-refractivity contribution in [1.29, 1.82) is 0 Å². The second-order valence-corrected chi connectivity index (χ2v) is 5.44. The summed E-state index contributed by atoms with van der Waals surface area (Å²) in [6.45, 7) is 2.26. The number of rotatable bonds is 2. The number of nitrogens with one attached hydrogen (secondary N) is 1. The topological polar surface area (TPSA) is 42.2 Å². The SMILES string of the molecule is Brc1cccn2c(CC3CCCNC3)nnc12. The maximum absolute atomic E-state index is 4.31. The van der Waals surface area contributed by atoms with Gasteiger partial charge < -0.3 is 5.32 Å². The zero-order valence-corrected chi connectivity index (χ0v) is 11.2. The van der Waals surface area contributed by atoms with E-state index in [0.29, 0.717) is 5.92 Å². The molecule has 0 aromatic carbocycles. The summed E-state index contributed by atoms with van der Waals surface area (Å²) in [5.74, 6) is 1.75. The molecule has 0 aliphatic carbocycles. The van der Waals surface area contributed by atoms with Gasteiger partial charge in [0, 0.05) is 12.6 Å². The van der Waals surface area contributed by atoms with Crippen molar-refractivity contribution >= 4 is 21.6 Å². The van der Waals surface area contributed by atoms with E-state index < -0.39 is 0 Å². The molecule has 90 valence electrons. The minimum absolute atomic E-state index is 0.690. The molecule has 1 aliphatic heterocycles. The first-order chi connectivity index (χ1) is 8.34. The Bertz CT molecular complexity index is 516. The predicted molar refractivity (Wildman–Crippen MR) is 70.0 cm³/mol. The van der Waals surface area contributed by atoms with E-state index in [1.54, 1.807) is 0 Å². The Balaban J connectivity index is 1.87. The Labute approximate surface area is 109 Å². The van der Waals surface area contributed by atoms with Gasteiger partial charge in [0.25, 0.3) is 0 Å². The van der Waals surface area contributed by atoms with Gasteiger partial charge in [-0.05, 0) is 59.9 Å². The molecule has 0 saturated carbocycles. The standard InChI is InChI=1S/C12H15BrN4/c13-10-4-2-6-17-11(15-16-12(10)17)7-9-3-1-5-14-8-9/h2,4,6,9,14H,1,3,5,7-8H2. The lowest BCUT2D eigenvalue weighted by Crippen LogP contribution is -2.31. The molecule has 1 saturated heterocycles. The number of nitrogens with zero attached hydrogens (tertiary/aromatic N) is 3. The predicted octanol–water partition coefficient (Wildman–Crippen LogP) is 2.03. The summed E-state index contributed by atoms with van der Waals surface area (Å²) in [6, 6.07) is 4.01. The molecule has 1 atom stereocenters. The molecule has 1 N–H and O–H groups in total. The first kappa shape index (κ1) is 11.2. The molecule has 0 spiro atoms. The molecule has 1 aliphatic rings. The largest absolute Gasteiger partial charge is 0.316 e. The van der Waals surface area contributed by atoms with Gasteiger partial charge in [0.2, 0.25) is 0 Å². The van der Waals surface area contributed by atoms with E-state index in [-0.39, 0.29) is 0 Å². The second kappa shape index (κ2) is 4.74. The van der Waals surface area contributed by atoms with Crippen LogP contribution in [-0.4, -0.2) is 27.7 Å². The monoisotopic (exact) mass is 294 g/mol. The van der Waals surface area contributed by atoms with E-state index in [1.165, 1.54) is 12.8 Å². The van der Waals surface area contributed by atoms with Crippen LogP contribution in [0.1, 0.15) is 18.7 Å². The Kier molecular flexibility index (Phi) is 3.11. The van der Waals surface area contributed by atoms with Gasteiger partial charge in [-0.15, -0.1) is 10.2 Å². The van der Waals surface area contributed by atoms with Crippen LogP contribution in [0.25, 0.3) is 5.65 Å². The summed E-state index contributed by atoms with van der Waals surface area (Å²) in [4.78, 5) is 0. The van der Waals surface area contributed by atoms with Gasteiger partial charge >= 0.3 is 0 Å². The Morgan fingerprint density at radius 2 is 2.41 bits per heavy atom. The summed E-state index contributed by atoms with van der Waals surface area (Å²) in [6.07, 6.45) is 5.59. The average molecular weight is 295 g/mol. The van der Waals surface area contributed by atoms with Crippen molar-refractivity contribution in [3.8, 4) is 0 Å². The van der Waals surface area contributed by atoms with E-state index in [1.807, 2.05) is 18.3 Å². The summed E-state index contributed by atoms with van der Waals surface area (Å²) < 4.78 is 3.08. The highest BCUT2D eigenvalue weighted by atomic mass is 79.9. The van der Waals surface area contributed by atoms with Crippen LogP contribution in [0.2, 0.25) is 0 Å². The van der Waals surface area contributed by atoms with Crippen LogP contribution in [0.15, 0.2) is 22.8 Å². The maximum atomic E-state index is 4.31. The van der Waals surface area contributed by atoms with E-state index in [2.05, 4.69) is 35.8 Å². The Morgan fingerprint density at radius 3 is 3.24 bits per heavy atom. The Morgan fingerprint density at radius 1 is 1.47 bits per heavy atom. The zero-order valence-electron chi connectivity index (χ0n) is 9.56. The summed E-state index contributed by atoms with van der Waals surface area (Å²) in [7, 11) is 0. The van der Waals surface area contributed by atoms with Crippen molar-refractivity contribution in [3.63, 3.8) is 0 Å². The quantitative estimate of drug-likeness (QED) is 0.922. The summed E-state index contributed by atoms with van der Waals surface area (Å²) in [5, 5.41) is 12.0. The molecule has 3 heterocycles. The molecule has 2 aromatic heterocycles. The normalized spacial score (nSPS) is 20.9. The highest BCUT2D eigenvalue weighted by Gasteiger charge is 2.17. The fourth-order valence-electron chi connectivity index (χ4n) is 2.43. The molecule has 0 bridgehead atoms. The van der Waals surface area contributed by atoms with Crippen LogP contribution in [0.5, 0.6) is 0 Å². The fraction of sp³-hybridized carbons (Fsp3) is 0.500. The zero-order chi connectivity index (χ0) is 11.7. The highest BCUT2D eigenvalue weighted by molar-refractivity contribution is 9.10. The Hall–Kier alpha value is -0.940. The van der Waals surface area contributed by atoms with Gasteiger partial charge in [-0.3, -0.25) is 4.40 Å². The molecule has 17 heavy (non-hydrogen) atoms. The number of fused-ring (bicyclic) bond motifs is 1. The molecule has 2 aromatic rings. The minimum Gasteiger partial charge on any atom is -0.316 e. The van der Waals surface area contributed by atoms with Crippen molar-refractivity contribution in [2.45, 2.75) is 19.3 Å². The molecule has 4 nitrogen and oxygen atoms in total. The number of piperidine rings is 1. The third-order valence-electron chi connectivity index (χ3n) is 3.33. The molecule has 3 rings (SSSR count). The highest BCUT2D eigenvalue weighted by Crippen LogP contribution is 2.19. The summed E-state index contributed by atoms with van der Waals surface area (Å²) in [5.41, 5.74) is 0.909. The van der Waals surface area contributed by atoms with Crippen molar-refractivity contribution in [3.05, 3.63) is 28.6 Å². The third-order valence-corrected chi connectivity index (χ3v) is 3.95. The van der Waals surface area contributed by atoms with Crippen molar-refractivity contribution in [1.82, 2.24) is 19.9 Å². The smallest absolute Gasteiger partial charge is 0.175 e. The van der Waals surface area contributed by atoms with Crippen LogP contribution in [0.4, 0.5) is 0 Å². The van der Waals surface area contributed by atoms with Crippen molar-refractivity contribution in [2.75, 3.05) is 13.1 Å². The van der Waals surface area contributed by atoms with Gasteiger partial charge in [0.15, 0.2) is 5.65 Å². The summed E-state index contributed by atoms with van der Waals surface area (Å²) >= 11 is 3.50. The average Bonchev–Trinajstić information content (AvgIpc) is 2.76. The second-order valence-electron chi connectivity index (χ2n) is 4.58. The van der Waals surface area contributed by atoms with Gasteiger partial charge in [-0.25, -0.2) is 0 Å². The van der Waals surface area contributed by atoms with Gasteiger partial charge in [-0.2, -0.15) is 0 Å². The van der Waals surface area contributed by atoms with Crippen LogP contribution in [0.3, 0.4) is 0 Å². The number of pyridine rings is 1. The molecule has 0 amide bonds. The molecule has 1 fully saturated rings. The van der Waals surface area contributed by atoms with E-state index in [4.69, 9.17) is 0 Å². The lowest BCUT2D eigenvalue weighted by molar-refractivity contribution is 0.370. The molecule has 1 unspecified atom stereocenters. The number of halogens is 1. The van der Waals surface area contributed by atoms with Crippen molar-refractivity contribution < 1.29 is 0 Å². The maximum Gasteiger partial charge on any atom is 0.175 e. The van der Waals surface area contributed by atoms with Gasteiger partial charge in [-0.1, -0.05) is 0 Å². The molecule has 5 heteroatoms. The number of hydrogen-bond acceptors (Lipinski definition) is 3. The first-order valence-electron chi connectivity index (χ1n) is 6.03. The van der Waals surface area contributed by atoms with E-state index in [9.17, 15) is 0 Å². The van der Waals surface area contributed by atoms with Gasteiger partial charge in [0.1, 0.15) is 5.82 Å². The third kappa shape index (κ3) is 2.21. The van der Waals surface area contributed by atoms with E-state index in [0.717, 1.165) is 35.5 Å². The first-order valence-corrected chi connectivity index (χ1v) is 6.83. The minimum atomic E-state index is 0.690. The number of aromatic nitrogens is 3. The number of hydrogen-bond donors (Lipinski definition) is 1. The molecular formula is C12H15BrN4. The lowest BCUT2D eigenvalue weighted by Gasteiger charge is -2.21. The van der Waals surface area contributed by atoms with Crippen molar-refractivity contribution in [2.24, 2.45) is 5.92 Å². The van der Waals surface area contributed by atoms with E-state index >= 15 is 0 Å². The molecular weight excluding hydrogens is 280 g/mol. The van der Waals surface area contributed by atoms with Crippen LogP contribution < -0.4 is 5.32 Å². The van der Waals surface area contributed by atoms with Crippen LogP contribution in [0, 0.1) is 5.92 Å². The van der Waals surface area contributed by atoms with Crippen LogP contribution in [-0.2, 0) is 6.42 Å².